The maximum absolute atomic E-state index is 10.6. The van der Waals surface area contributed by atoms with Crippen LogP contribution in [0.25, 0.3) is 0 Å². The van der Waals surface area contributed by atoms with Crippen LogP contribution in [0.5, 0.6) is 0 Å². The molecule has 2 rings (SSSR count). The fraction of sp³-hybridized carbons (Fsp3) is 0.500. The van der Waals surface area contributed by atoms with Crippen LogP contribution in [0.15, 0.2) is 11.2 Å². The minimum absolute atomic E-state index is 0.329. The first kappa shape index (κ1) is 7.60. The Hall–Kier alpha value is -1.04. The summed E-state index contributed by atoms with van der Waals surface area (Å²) in [6.07, 6.45) is 1.66. The highest BCUT2D eigenvalue weighted by atomic mass is 32.2. The molecule has 12 heavy (non-hydrogen) atoms. The molecule has 0 radical (unpaired) electrons. The standard InChI is InChI=1S/C6H7N3O2S/c10-6(11)4-2-9-5(12-3-4)1-7-8-9/h1,4H,2-3H2,(H,10,11)/t4-/m0/s1. The lowest BCUT2D eigenvalue weighted by Gasteiger charge is -2.17. The maximum atomic E-state index is 10.6. The summed E-state index contributed by atoms with van der Waals surface area (Å²) in [5.74, 6) is -0.476. The van der Waals surface area contributed by atoms with Crippen LogP contribution < -0.4 is 0 Å². The van der Waals surface area contributed by atoms with E-state index in [-0.39, 0.29) is 5.92 Å². The summed E-state index contributed by atoms with van der Waals surface area (Å²) in [5.41, 5.74) is 0. The molecule has 0 saturated heterocycles. The molecule has 5 nitrogen and oxygen atoms in total. The number of aromatic nitrogens is 3. The van der Waals surface area contributed by atoms with Crippen molar-refractivity contribution in [2.75, 3.05) is 5.75 Å². The van der Waals surface area contributed by atoms with Crippen molar-refractivity contribution < 1.29 is 9.90 Å². The van der Waals surface area contributed by atoms with Crippen LogP contribution in [-0.2, 0) is 11.3 Å². The van der Waals surface area contributed by atoms with Crippen molar-refractivity contribution in [1.82, 2.24) is 15.0 Å². The summed E-state index contributed by atoms with van der Waals surface area (Å²) < 4.78 is 1.63. The fourth-order valence-electron chi connectivity index (χ4n) is 1.08. The van der Waals surface area contributed by atoms with E-state index in [1.54, 1.807) is 10.9 Å². The number of hydrogen-bond acceptors (Lipinski definition) is 4. The molecule has 2 heterocycles. The molecule has 0 bridgehead atoms. The van der Waals surface area contributed by atoms with E-state index in [2.05, 4.69) is 10.3 Å². The van der Waals surface area contributed by atoms with Gasteiger partial charge in [0.2, 0.25) is 0 Å². The summed E-state index contributed by atoms with van der Waals surface area (Å²) in [5, 5.41) is 17.1. The van der Waals surface area contributed by atoms with E-state index in [1.807, 2.05) is 0 Å². The third-order valence-electron chi connectivity index (χ3n) is 1.76. The highest BCUT2D eigenvalue weighted by Gasteiger charge is 2.25. The third-order valence-corrected chi connectivity index (χ3v) is 2.94. The molecule has 1 aliphatic heterocycles. The second-order valence-electron chi connectivity index (χ2n) is 2.60. The summed E-state index contributed by atoms with van der Waals surface area (Å²) in [4.78, 5) is 10.6. The monoisotopic (exact) mass is 185 g/mol. The molecule has 0 amide bonds. The highest BCUT2D eigenvalue weighted by Crippen LogP contribution is 2.26. The Morgan fingerprint density at radius 2 is 2.67 bits per heavy atom. The summed E-state index contributed by atoms with van der Waals surface area (Å²) >= 11 is 1.49. The minimum atomic E-state index is -0.761. The van der Waals surface area contributed by atoms with Crippen LogP contribution in [-0.4, -0.2) is 31.8 Å². The number of hydrogen-bond donors (Lipinski definition) is 1. The number of rotatable bonds is 1. The molecule has 1 N–H and O–H groups in total. The second-order valence-corrected chi connectivity index (χ2v) is 3.64. The molecule has 64 valence electrons. The summed E-state index contributed by atoms with van der Waals surface area (Å²) in [6.45, 7) is 0.442. The number of carboxylic acids is 1. The zero-order valence-electron chi connectivity index (χ0n) is 6.17. The van der Waals surface area contributed by atoms with Crippen LogP contribution in [0.3, 0.4) is 0 Å². The zero-order chi connectivity index (χ0) is 8.55. The predicted octanol–water partition coefficient (Wildman–Crippen LogP) is 0.0846. The van der Waals surface area contributed by atoms with E-state index in [9.17, 15) is 4.79 Å². The topological polar surface area (TPSA) is 68.0 Å². The first-order chi connectivity index (χ1) is 5.77. The number of nitrogens with zero attached hydrogens (tertiary/aromatic N) is 3. The lowest BCUT2D eigenvalue weighted by atomic mass is 10.2. The normalized spacial score (nSPS) is 21.8. The van der Waals surface area contributed by atoms with Crippen LogP contribution in [0.2, 0.25) is 0 Å². The fourth-order valence-corrected chi connectivity index (χ4v) is 2.09. The molecule has 0 saturated carbocycles. The molecule has 1 aliphatic rings. The maximum Gasteiger partial charge on any atom is 0.309 e. The largest absolute Gasteiger partial charge is 0.481 e. The van der Waals surface area contributed by atoms with E-state index in [0.29, 0.717) is 12.3 Å². The van der Waals surface area contributed by atoms with Crippen molar-refractivity contribution in [3.8, 4) is 0 Å². The van der Waals surface area contributed by atoms with Crippen molar-refractivity contribution in [1.29, 1.82) is 0 Å². The van der Waals surface area contributed by atoms with Crippen molar-refractivity contribution in [3.05, 3.63) is 6.20 Å². The van der Waals surface area contributed by atoms with Gasteiger partial charge in [-0.1, -0.05) is 5.21 Å². The van der Waals surface area contributed by atoms with E-state index >= 15 is 0 Å². The molecule has 0 fully saturated rings. The van der Waals surface area contributed by atoms with Crippen LogP contribution in [0.1, 0.15) is 0 Å². The Morgan fingerprint density at radius 1 is 1.83 bits per heavy atom. The Bertz CT molecular complexity index is 311. The average Bonchev–Trinajstić information content (AvgIpc) is 2.49. The molecular weight excluding hydrogens is 178 g/mol. The van der Waals surface area contributed by atoms with E-state index in [1.165, 1.54) is 11.8 Å². The zero-order valence-corrected chi connectivity index (χ0v) is 6.99. The first-order valence-corrected chi connectivity index (χ1v) is 4.50. The number of aliphatic carboxylic acids is 1. The molecule has 6 heteroatoms. The van der Waals surface area contributed by atoms with Gasteiger partial charge < -0.3 is 5.11 Å². The average molecular weight is 185 g/mol. The van der Waals surface area contributed by atoms with Gasteiger partial charge in [-0.2, -0.15) is 0 Å². The van der Waals surface area contributed by atoms with Crippen LogP contribution in [0, 0.1) is 5.92 Å². The van der Waals surface area contributed by atoms with E-state index in [4.69, 9.17) is 5.11 Å². The number of fused-ring (bicyclic) bond motifs is 1. The van der Waals surface area contributed by atoms with Gasteiger partial charge in [0.15, 0.2) is 0 Å². The van der Waals surface area contributed by atoms with Gasteiger partial charge in [-0.15, -0.1) is 16.9 Å². The number of carbonyl (C=O) groups is 1. The Kier molecular flexibility index (Phi) is 1.76. The molecule has 1 aromatic heterocycles. The Morgan fingerprint density at radius 3 is 3.42 bits per heavy atom. The highest BCUT2D eigenvalue weighted by molar-refractivity contribution is 7.99. The number of carboxylic acid groups (broad SMARTS) is 1. The van der Waals surface area contributed by atoms with Gasteiger partial charge in [0.25, 0.3) is 0 Å². The molecule has 0 aliphatic carbocycles. The Balaban J connectivity index is 2.20. The molecule has 1 aromatic rings. The lowest BCUT2D eigenvalue weighted by Crippen LogP contribution is -2.26. The third kappa shape index (κ3) is 1.18. The SMILES string of the molecule is O=C(O)[C@@H]1CSc2cnnn2C1. The van der Waals surface area contributed by atoms with Crippen molar-refractivity contribution in [2.24, 2.45) is 5.92 Å². The van der Waals surface area contributed by atoms with Gasteiger partial charge in [0.1, 0.15) is 5.03 Å². The van der Waals surface area contributed by atoms with Gasteiger partial charge in [-0.3, -0.25) is 4.79 Å². The van der Waals surface area contributed by atoms with Gasteiger partial charge in [0.05, 0.1) is 18.7 Å². The molecular formula is C6H7N3O2S. The molecule has 0 spiro atoms. The van der Waals surface area contributed by atoms with Gasteiger partial charge in [-0.05, 0) is 0 Å². The molecule has 0 aromatic carbocycles. The Labute approximate surface area is 72.8 Å². The van der Waals surface area contributed by atoms with Gasteiger partial charge >= 0.3 is 5.97 Å². The van der Waals surface area contributed by atoms with Crippen molar-refractivity contribution >= 4 is 17.7 Å². The molecule has 0 unspecified atom stereocenters. The van der Waals surface area contributed by atoms with Crippen LogP contribution in [0.4, 0.5) is 0 Å². The van der Waals surface area contributed by atoms with E-state index in [0.717, 1.165) is 5.03 Å². The minimum Gasteiger partial charge on any atom is -0.481 e. The predicted molar refractivity (Wildman–Crippen MR) is 41.9 cm³/mol. The smallest absolute Gasteiger partial charge is 0.309 e. The van der Waals surface area contributed by atoms with Crippen molar-refractivity contribution in [3.63, 3.8) is 0 Å². The quantitative estimate of drug-likeness (QED) is 0.671. The van der Waals surface area contributed by atoms with Gasteiger partial charge in [-0.25, -0.2) is 4.68 Å². The van der Waals surface area contributed by atoms with Crippen LogP contribution >= 0.6 is 11.8 Å². The van der Waals surface area contributed by atoms with Gasteiger partial charge in [0, 0.05) is 5.75 Å². The first-order valence-electron chi connectivity index (χ1n) is 3.51. The lowest BCUT2D eigenvalue weighted by molar-refractivity contribution is -0.141. The number of thioether (sulfide) groups is 1. The van der Waals surface area contributed by atoms with E-state index < -0.39 is 5.97 Å². The summed E-state index contributed by atoms with van der Waals surface area (Å²) in [7, 11) is 0. The van der Waals surface area contributed by atoms with Crippen molar-refractivity contribution in [2.45, 2.75) is 11.6 Å². The molecule has 1 atom stereocenters. The summed E-state index contributed by atoms with van der Waals surface area (Å²) in [6, 6.07) is 0. The second kappa shape index (κ2) is 2.78.